The summed E-state index contributed by atoms with van der Waals surface area (Å²) in [5, 5.41) is 15.2. The summed E-state index contributed by atoms with van der Waals surface area (Å²) in [5.41, 5.74) is -0.0150. The minimum Gasteiger partial charge on any atom is -0.478 e. The summed E-state index contributed by atoms with van der Waals surface area (Å²) < 4.78 is 0. The van der Waals surface area contributed by atoms with Gasteiger partial charge in [-0.25, -0.2) is 4.79 Å². The minimum atomic E-state index is -1.19. The number of hydrogen-bond donors (Lipinski definition) is 3. The molecule has 0 spiro atoms. The van der Waals surface area contributed by atoms with E-state index >= 15 is 0 Å². The normalized spacial score (nSPS) is 18.6. The predicted molar refractivity (Wildman–Crippen MR) is 77.6 cm³/mol. The number of aromatic carboxylic acids is 1. The van der Waals surface area contributed by atoms with Crippen molar-refractivity contribution in [3.63, 3.8) is 0 Å². The highest BCUT2D eigenvalue weighted by Crippen LogP contribution is 2.31. The van der Waals surface area contributed by atoms with E-state index in [0.29, 0.717) is 6.54 Å². The van der Waals surface area contributed by atoms with Crippen LogP contribution in [0.25, 0.3) is 0 Å². The Morgan fingerprint density at radius 3 is 2.70 bits per heavy atom. The van der Waals surface area contributed by atoms with Crippen molar-refractivity contribution in [3.05, 3.63) is 27.7 Å². The van der Waals surface area contributed by atoms with Crippen LogP contribution in [-0.2, 0) is 4.79 Å². The Morgan fingerprint density at radius 1 is 1.35 bits per heavy atom. The van der Waals surface area contributed by atoms with E-state index in [-0.39, 0.29) is 33.1 Å². The molecule has 1 amide bonds. The highest BCUT2D eigenvalue weighted by molar-refractivity contribution is 6.37. The standard InChI is InChI=1S/C13H14Cl2N2O3/c14-8-4-9(13(19)20)11(10(15)5-8)17-12(18)7-2-1-3-16-6-7/h4-5,7,16H,1-3,6H2,(H,17,18)(H,19,20)/t7-/m1/s1. The second kappa shape index (κ2) is 6.43. The van der Waals surface area contributed by atoms with E-state index in [2.05, 4.69) is 10.6 Å². The molecule has 1 saturated heterocycles. The highest BCUT2D eigenvalue weighted by Gasteiger charge is 2.24. The molecule has 0 bridgehead atoms. The molecule has 5 nitrogen and oxygen atoms in total. The topological polar surface area (TPSA) is 78.4 Å². The van der Waals surface area contributed by atoms with Crippen LogP contribution >= 0.6 is 23.2 Å². The van der Waals surface area contributed by atoms with Gasteiger partial charge in [0.25, 0.3) is 0 Å². The fourth-order valence-electron chi connectivity index (χ4n) is 2.17. The third-order valence-corrected chi connectivity index (χ3v) is 3.72. The molecule has 3 N–H and O–H groups in total. The van der Waals surface area contributed by atoms with Gasteiger partial charge < -0.3 is 15.7 Å². The van der Waals surface area contributed by atoms with Gasteiger partial charge in [-0.1, -0.05) is 23.2 Å². The van der Waals surface area contributed by atoms with Crippen molar-refractivity contribution in [2.45, 2.75) is 12.8 Å². The van der Waals surface area contributed by atoms with Gasteiger partial charge in [0.1, 0.15) is 0 Å². The van der Waals surface area contributed by atoms with Gasteiger partial charge in [-0.2, -0.15) is 0 Å². The molecule has 0 unspecified atom stereocenters. The zero-order valence-corrected chi connectivity index (χ0v) is 12.1. The molecule has 0 saturated carbocycles. The van der Waals surface area contributed by atoms with Crippen LogP contribution in [0.15, 0.2) is 12.1 Å². The van der Waals surface area contributed by atoms with Crippen LogP contribution in [0.5, 0.6) is 0 Å². The van der Waals surface area contributed by atoms with E-state index in [4.69, 9.17) is 28.3 Å². The van der Waals surface area contributed by atoms with E-state index in [1.54, 1.807) is 0 Å². The quantitative estimate of drug-likeness (QED) is 0.801. The number of amides is 1. The molecule has 0 radical (unpaired) electrons. The largest absolute Gasteiger partial charge is 0.478 e. The number of carbonyl (C=O) groups excluding carboxylic acids is 1. The summed E-state index contributed by atoms with van der Waals surface area (Å²) in [6.07, 6.45) is 1.69. The van der Waals surface area contributed by atoms with E-state index in [9.17, 15) is 9.59 Å². The Kier molecular flexibility index (Phi) is 4.86. The van der Waals surface area contributed by atoms with Crippen molar-refractivity contribution in [1.29, 1.82) is 0 Å². The summed E-state index contributed by atoms with van der Waals surface area (Å²) in [7, 11) is 0. The van der Waals surface area contributed by atoms with Crippen LogP contribution in [0.3, 0.4) is 0 Å². The molecule has 1 aliphatic heterocycles. The molecule has 1 heterocycles. The Morgan fingerprint density at radius 2 is 2.10 bits per heavy atom. The van der Waals surface area contributed by atoms with E-state index in [1.807, 2.05) is 0 Å². The number of rotatable bonds is 3. The Balaban J connectivity index is 2.23. The van der Waals surface area contributed by atoms with Crippen LogP contribution < -0.4 is 10.6 Å². The van der Waals surface area contributed by atoms with Crippen molar-refractivity contribution < 1.29 is 14.7 Å². The first-order valence-corrected chi connectivity index (χ1v) is 6.98. The Bertz CT molecular complexity index is 543. The van der Waals surface area contributed by atoms with Crippen molar-refractivity contribution >= 4 is 40.8 Å². The Hall–Kier alpha value is -1.30. The molecular weight excluding hydrogens is 303 g/mol. The van der Waals surface area contributed by atoms with Crippen LogP contribution in [0, 0.1) is 5.92 Å². The SMILES string of the molecule is O=C(O)c1cc(Cl)cc(Cl)c1NC(=O)[C@@H]1CCCNC1. The Labute approximate surface area is 126 Å². The lowest BCUT2D eigenvalue weighted by atomic mass is 9.98. The van der Waals surface area contributed by atoms with Crippen LogP contribution in [0.4, 0.5) is 5.69 Å². The minimum absolute atomic E-state index is 0.0964. The van der Waals surface area contributed by atoms with Gasteiger partial charge in [0.15, 0.2) is 0 Å². The van der Waals surface area contributed by atoms with Gasteiger partial charge in [-0.15, -0.1) is 0 Å². The first kappa shape index (κ1) is 15.1. The van der Waals surface area contributed by atoms with Crippen LogP contribution in [0.1, 0.15) is 23.2 Å². The van der Waals surface area contributed by atoms with Crippen molar-refractivity contribution in [3.8, 4) is 0 Å². The molecule has 0 aliphatic carbocycles. The fraction of sp³-hybridized carbons (Fsp3) is 0.385. The zero-order chi connectivity index (χ0) is 14.7. The number of halogens is 2. The monoisotopic (exact) mass is 316 g/mol. The van der Waals surface area contributed by atoms with E-state index in [1.165, 1.54) is 12.1 Å². The average Bonchev–Trinajstić information content (AvgIpc) is 2.42. The number of benzene rings is 1. The van der Waals surface area contributed by atoms with Crippen molar-refractivity contribution in [2.24, 2.45) is 5.92 Å². The molecule has 1 atom stereocenters. The first-order valence-electron chi connectivity index (χ1n) is 6.23. The third kappa shape index (κ3) is 3.42. The number of hydrogen-bond acceptors (Lipinski definition) is 3. The number of nitrogens with one attached hydrogen (secondary N) is 2. The summed E-state index contributed by atoms with van der Waals surface area (Å²) in [4.78, 5) is 23.3. The van der Waals surface area contributed by atoms with E-state index < -0.39 is 5.97 Å². The second-order valence-corrected chi connectivity index (χ2v) is 5.49. The molecule has 1 aliphatic rings. The molecule has 20 heavy (non-hydrogen) atoms. The number of carbonyl (C=O) groups is 2. The highest BCUT2D eigenvalue weighted by atomic mass is 35.5. The van der Waals surface area contributed by atoms with Gasteiger partial charge in [-0.05, 0) is 31.5 Å². The van der Waals surface area contributed by atoms with Gasteiger partial charge in [0, 0.05) is 11.6 Å². The smallest absolute Gasteiger partial charge is 0.337 e. The number of carboxylic acid groups (broad SMARTS) is 1. The predicted octanol–water partition coefficient (Wildman–Crippen LogP) is 2.63. The molecule has 1 aromatic carbocycles. The number of anilines is 1. The summed E-state index contributed by atoms with van der Waals surface area (Å²) >= 11 is 11.8. The molecule has 0 aromatic heterocycles. The zero-order valence-electron chi connectivity index (χ0n) is 10.6. The van der Waals surface area contributed by atoms with Gasteiger partial charge in [-0.3, -0.25) is 4.79 Å². The third-order valence-electron chi connectivity index (χ3n) is 3.20. The van der Waals surface area contributed by atoms with E-state index in [0.717, 1.165) is 19.4 Å². The molecule has 2 rings (SSSR count). The first-order chi connectivity index (χ1) is 9.49. The lowest BCUT2D eigenvalue weighted by molar-refractivity contribution is -0.120. The second-order valence-electron chi connectivity index (χ2n) is 4.65. The number of piperidine rings is 1. The molecule has 7 heteroatoms. The maximum absolute atomic E-state index is 12.1. The fourth-order valence-corrected chi connectivity index (χ4v) is 2.71. The van der Waals surface area contributed by atoms with Gasteiger partial charge in [0.05, 0.1) is 22.2 Å². The van der Waals surface area contributed by atoms with Crippen molar-refractivity contribution in [2.75, 3.05) is 18.4 Å². The lowest BCUT2D eigenvalue weighted by Crippen LogP contribution is -2.37. The van der Waals surface area contributed by atoms with Crippen LogP contribution in [0.2, 0.25) is 10.0 Å². The molecular formula is C13H14Cl2N2O3. The van der Waals surface area contributed by atoms with Crippen molar-refractivity contribution in [1.82, 2.24) is 5.32 Å². The lowest BCUT2D eigenvalue weighted by Gasteiger charge is -2.22. The summed E-state index contributed by atoms with van der Waals surface area (Å²) in [6, 6.07) is 2.68. The molecule has 1 fully saturated rings. The maximum atomic E-state index is 12.1. The maximum Gasteiger partial charge on any atom is 0.337 e. The molecule has 1 aromatic rings. The van der Waals surface area contributed by atoms with Gasteiger partial charge >= 0.3 is 5.97 Å². The molecule has 108 valence electrons. The van der Waals surface area contributed by atoms with Crippen LogP contribution in [-0.4, -0.2) is 30.1 Å². The van der Waals surface area contributed by atoms with Gasteiger partial charge in [0.2, 0.25) is 5.91 Å². The average molecular weight is 317 g/mol. The summed E-state index contributed by atoms with van der Waals surface area (Å²) in [6.45, 7) is 1.48. The summed E-state index contributed by atoms with van der Waals surface area (Å²) in [5.74, 6) is -1.60. The number of carboxylic acids is 1.